The number of amides is 1. The minimum Gasteiger partial charge on any atom is -0.493 e. The molecular weight excluding hydrogens is 464 g/mol. The summed E-state index contributed by atoms with van der Waals surface area (Å²) in [7, 11) is 0. The summed E-state index contributed by atoms with van der Waals surface area (Å²) in [5, 5.41) is 4.43. The number of carbonyl (C=O) groups is 1. The fraction of sp³-hybridized carbons (Fsp3) is 0.357. The zero-order valence-corrected chi connectivity index (χ0v) is 21.7. The molecule has 0 spiro atoms. The van der Waals surface area contributed by atoms with E-state index in [4.69, 9.17) is 21.3 Å². The van der Waals surface area contributed by atoms with Gasteiger partial charge in [0.1, 0.15) is 10.8 Å². The van der Waals surface area contributed by atoms with Gasteiger partial charge in [-0.2, -0.15) is 0 Å². The van der Waals surface area contributed by atoms with Crippen molar-refractivity contribution in [3.63, 3.8) is 0 Å². The summed E-state index contributed by atoms with van der Waals surface area (Å²) in [6, 6.07) is 15.0. The highest BCUT2D eigenvalue weighted by atomic mass is 35.5. The van der Waals surface area contributed by atoms with Gasteiger partial charge in [0, 0.05) is 27.4 Å². The quantitative estimate of drug-likeness (QED) is 0.353. The number of rotatable bonds is 6. The molecule has 1 aromatic heterocycles. The second kappa shape index (κ2) is 10.3. The topological polar surface area (TPSA) is 50.7 Å². The molecule has 178 valence electrons. The van der Waals surface area contributed by atoms with Crippen LogP contribution in [0.4, 0.5) is 10.7 Å². The zero-order valence-electron chi connectivity index (χ0n) is 20.2. The number of aliphatic imine (C=N–C) groups is 1. The molecule has 0 bridgehead atoms. The van der Waals surface area contributed by atoms with Gasteiger partial charge in [0.05, 0.1) is 12.2 Å². The number of carbonyl (C=O) groups excluding carboxylic acids is 1. The third-order valence-corrected chi connectivity index (χ3v) is 7.75. The maximum Gasteiger partial charge on any atom is 0.259 e. The highest BCUT2D eigenvalue weighted by Crippen LogP contribution is 2.45. The van der Waals surface area contributed by atoms with Crippen LogP contribution in [-0.2, 0) is 12.8 Å². The van der Waals surface area contributed by atoms with Crippen molar-refractivity contribution in [2.24, 2.45) is 16.3 Å². The summed E-state index contributed by atoms with van der Waals surface area (Å²) in [6.07, 6.45) is 4.76. The van der Waals surface area contributed by atoms with Crippen LogP contribution in [0.1, 0.15) is 60.5 Å². The van der Waals surface area contributed by atoms with Crippen molar-refractivity contribution >= 4 is 45.7 Å². The fourth-order valence-corrected chi connectivity index (χ4v) is 5.76. The van der Waals surface area contributed by atoms with Crippen LogP contribution >= 0.6 is 22.9 Å². The van der Waals surface area contributed by atoms with Gasteiger partial charge in [0.2, 0.25) is 0 Å². The van der Waals surface area contributed by atoms with Crippen molar-refractivity contribution < 1.29 is 9.53 Å². The number of para-hydroxylation sites is 1. The molecule has 2 aromatic carbocycles. The third kappa shape index (κ3) is 5.53. The van der Waals surface area contributed by atoms with Crippen molar-refractivity contribution in [2.75, 3.05) is 11.9 Å². The van der Waals surface area contributed by atoms with Crippen LogP contribution in [0.3, 0.4) is 0 Å². The average molecular weight is 495 g/mol. The van der Waals surface area contributed by atoms with Crippen molar-refractivity contribution in [1.29, 1.82) is 0 Å². The van der Waals surface area contributed by atoms with Crippen LogP contribution in [0, 0.1) is 11.3 Å². The molecule has 1 aliphatic carbocycles. The molecule has 0 saturated carbocycles. The normalized spacial score (nSPS) is 15.9. The van der Waals surface area contributed by atoms with Gasteiger partial charge >= 0.3 is 0 Å². The number of ether oxygens (including phenoxy) is 1. The number of hydrogen-bond acceptors (Lipinski definition) is 4. The van der Waals surface area contributed by atoms with Crippen LogP contribution in [0.15, 0.2) is 53.5 Å². The van der Waals surface area contributed by atoms with E-state index in [1.165, 1.54) is 4.88 Å². The Labute approximate surface area is 211 Å². The van der Waals surface area contributed by atoms with E-state index in [2.05, 4.69) is 26.1 Å². The van der Waals surface area contributed by atoms with Gasteiger partial charge in [-0.05, 0) is 79.5 Å². The monoisotopic (exact) mass is 494 g/mol. The minimum absolute atomic E-state index is 0.126. The molecule has 0 unspecified atom stereocenters. The number of halogens is 1. The number of benzene rings is 2. The Morgan fingerprint density at radius 3 is 2.65 bits per heavy atom. The molecule has 6 heteroatoms. The first-order valence-corrected chi connectivity index (χ1v) is 12.9. The number of thiophene rings is 1. The van der Waals surface area contributed by atoms with Crippen molar-refractivity contribution in [1.82, 2.24) is 0 Å². The van der Waals surface area contributed by atoms with Crippen molar-refractivity contribution in [2.45, 2.75) is 47.0 Å². The van der Waals surface area contributed by atoms with Gasteiger partial charge in [-0.1, -0.05) is 44.5 Å². The highest BCUT2D eigenvalue weighted by molar-refractivity contribution is 7.16. The summed E-state index contributed by atoms with van der Waals surface area (Å²) < 4.78 is 5.75. The zero-order chi connectivity index (χ0) is 24.3. The van der Waals surface area contributed by atoms with E-state index in [0.29, 0.717) is 28.8 Å². The fourth-order valence-electron chi connectivity index (χ4n) is 4.36. The first-order valence-electron chi connectivity index (χ1n) is 11.7. The van der Waals surface area contributed by atoms with E-state index in [0.717, 1.165) is 41.1 Å². The number of anilines is 1. The van der Waals surface area contributed by atoms with Crippen molar-refractivity contribution in [3.8, 4) is 5.75 Å². The van der Waals surface area contributed by atoms with Gasteiger partial charge in [-0.3, -0.25) is 4.79 Å². The van der Waals surface area contributed by atoms with Gasteiger partial charge in [-0.15, -0.1) is 11.3 Å². The van der Waals surface area contributed by atoms with E-state index in [1.54, 1.807) is 23.5 Å². The molecule has 0 aliphatic heterocycles. The number of nitrogens with zero attached hydrogens (tertiary/aromatic N) is 1. The molecule has 0 saturated heterocycles. The number of hydrogen-bond donors (Lipinski definition) is 1. The van der Waals surface area contributed by atoms with Crippen LogP contribution in [0.25, 0.3) is 0 Å². The van der Waals surface area contributed by atoms with Crippen LogP contribution < -0.4 is 10.1 Å². The van der Waals surface area contributed by atoms with E-state index in [-0.39, 0.29) is 11.3 Å². The molecule has 4 rings (SSSR count). The van der Waals surface area contributed by atoms with Crippen LogP contribution in [-0.4, -0.2) is 18.7 Å². The molecule has 1 aliphatic rings. The molecule has 0 fully saturated rings. The van der Waals surface area contributed by atoms with Crippen LogP contribution in [0.5, 0.6) is 5.75 Å². The lowest BCUT2D eigenvalue weighted by Crippen LogP contribution is -2.27. The highest BCUT2D eigenvalue weighted by Gasteiger charge is 2.33. The minimum atomic E-state index is -0.126. The number of nitrogens with one attached hydrogen (secondary N) is 1. The predicted molar refractivity (Wildman–Crippen MR) is 144 cm³/mol. The van der Waals surface area contributed by atoms with Gasteiger partial charge in [0.15, 0.2) is 0 Å². The Bertz CT molecular complexity index is 1190. The maximum absolute atomic E-state index is 13.5. The molecule has 4 nitrogen and oxygen atoms in total. The Morgan fingerprint density at radius 1 is 1.21 bits per heavy atom. The summed E-state index contributed by atoms with van der Waals surface area (Å²) in [5.74, 6) is 1.25. The second-order valence-corrected chi connectivity index (χ2v) is 11.2. The molecule has 1 amide bonds. The molecular formula is C28H31ClN2O2S. The third-order valence-electron chi connectivity index (χ3n) is 6.34. The lowest BCUT2D eigenvalue weighted by atomic mass is 9.72. The smallest absolute Gasteiger partial charge is 0.259 e. The first-order chi connectivity index (χ1) is 16.3. The predicted octanol–water partition coefficient (Wildman–Crippen LogP) is 7.95. The lowest BCUT2D eigenvalue weighted by molar-refractivity contribution is 0.102. The molecule has 1 heterocycles. The number of fused-ring (bicyclic) bond motifs is 1. The SMILES string of the molecule is CCOc1ccccc1C=Nc1sc2c(c1C(=O)Nc1ccc(Cl)cc1)CC[C@@H](C(C)(C)C)C2. The van der Waals surface area contributed by atoms with Crippen LogP contribution in [0.2, 0.25) is 5.02 Å². The van der Waals surface area contributed by atoms with E-state index < -0.39 is 0 Å². The largest absolute Gasteiger partial charge is 0.493 e. The molecule has 0 radical (unpaired) electrons. The standard InChI is InChI=1S/C28H31ClN2O2S/c1-5-33-23-9-7-6-8-18(23)17-30-27-25(26(32)31-21-13-11-20(29)12-14-21)22-15-10-19(28(2,3)4)16-24(22)34-27/h6-9,11-14,17,19H,5,10,15-16H2,1-4H3,(H,31,32)/t19-/m1/s1. The summed E-state index contributed by atoms with van der Waals surface area (Å²) in [6.45, 7) is 9.45. The molecule has 3 aromatic rings. The van der Waals surface area contributed by atoms with Gasteiger partial charge < -0.3 is 10.1 Å². The van der Waals surface area contributed by atoms with E-state index in [9.17, 15) is 4.79 Å². The molecule has 1 N–H and O–H groups in total. The molecule has 34 heavy (non-hydrogen) atoms. The Morgan fingerprint density at radius 2 is 1.94 bits per heavy atom. The average Bonchev–Trinajstić information content (AvgIpc) is 3.17. The van der Waals surface area contributed by atoms with E-state index in [1.807, 2.05) is 49.5 Å². The van der Waals surface area contributed by atoms with Gasteiger partial charge in [0.25, 0.3) is 5.91 Å². The Balaban J connectivity index is 1.71. The summed E-state index contributed by atoms with van der Waals surface area (Å²) in [5.41, 5.74) is 3.67. The van der Waals surface area contributed by atoms with E-state index >= 15 is 0 Å². The Hall–Kier alpha value is -2.63. The van der Waals surface area contributed by atoms with Crippen molar-refractivity contribution in [3.05, 3.63) is 75.1 Å². The second-order valence-electron chi connectivity index (χ2n) is 9.68. The Kier molecular flexibility index (Phi) is 7.44. The maximum atomic E-state index is 13.5. The lowest BCUT2D eigenvalue weighted by Gasteiger charge is -2.33. The first kappa shape index (κ1) is 24.5. The summed E-state index contributed by atoms with van der Waals surface area (Å²) in [4.78, 5) is 19.6. The summed E-state index contributed by atoms with van der Waals surface area (Å²) >= 11 is 7.65. The van der Waals surface area contributed by atoms with Gasteiger partial charge in [-0.25, -0.2) is 4.99 Å². The molecule has 1 atom stereocenters.